The summed E-state index contributed by atoms with van der Waals surface area (Å²) in [6.45, 7) is 0.232. The third kappa shape index (κ3) is 2.49. The van der Waals surface area contributed by atoms with Gasteiger partial charge in [0.2, 0.25) is 6.43 Å². The molecule has 0 atom stereocenters. The van der Waals surface area contributed by atoms with Crippen LogP contribution in [-0.4, -0.2) is 22.9 Å². The largest absolute Gasteiger partial charge is 0.383 e. The molecular formula is C10H10BrF2N3. The number of rotatable bonds is 4. The number of anilines is 1. The van der Waals surface area contributed by atoms with Crippen LogP contribution >= 0.6 is 15.9 Å². The van der Waals surface area contributed by atoms with Crippen molar-refractivity contribution in [2.24, 2.45) is 0 Å². The Balaban J connectivity index is 2.19. The molecule has 0 aliphatic heterocycles. The molecule has 0 saturated heterocycles. The summed E-state index contributed by atoms with van der Waals surface area (Å²) in [4.78, 5) is 7.10. The number of fused-ring (bicyclic) bond motifs is 1. The van der Waals surface area contributed by atoms with Crippen molar-refractivity contribution in [2.45, 2.75) is 12.8 Å². The number of hydrogen-bond acceptors (Lipinski definition) is 2. The maximum Gasteiger partial charge on any atom is 0.240 e. The molecule has 2 rings (SSSR count). The smallest absolute Gasteiger partial charge is 0.240 e. The van der Waals surface area contributed by atoms with Crippen LogP contribution in [0.25, 0.3) is 11.0 Å². The fraction of sp³-hybridized carbons (Fsp3) is 0.300. The van der Waals surface area contributed by atoms with E-state index in [2.05, 4.69) is 31.2 Å². The molecule has 0 unspecified atom stereocenters. The highest BCUT2D eigenvalue weighted by Gasteiger charge is 2.06. The molecule has 0 amide bonds. The van der Waals surface area contributed by atoms with Crippen LogP contribution in [0.1, 0.15) is 6.42 Å². The number of benzene rings is 1. The zero-order valence-corrected chi connectivity index (χ0v) is 9.89. The summed E-state index contributed by atoms with van der Waals surface area (Å²) in [7, 11) is 0. The van der Waals surface area contributed by atoms with E-state index in [1.54, 1.807) is 6.33 Å². The molecule has 0 radical (unpaired) electrons. The lowest BCUT2D eigenvalue weighted by atomic mass is 10.2. The van der Waals surface area contributed by atoms with Crippen molar-refractivity contribution in [1.29, 1.82) is 0 Å². The van der Waals surface area contributed by atoms with Gasteiger partial charge < -0.3 is 10.3 Å². The van der Waals surface area contributed by atoms with Crippen LogP contribution in [0, 0.1) is 0 Å². The van der Waals surface area contributed by atoms with Gasteiger partial charge in [-0.3, -0.25) is 0 Å². The molecule has 2 N–H and O–H groups in total. The summed E-state index contributed by atoms with van der Waals surface area (Å²) >= 11 is 3.35. The van der Waals surface area contributed by atoms with Crippen LogP contribution in [0.4, 0.5) is 14.5 Å². The lowest BCUT2D eigenvalue weighted by Gasteiger charge is -2.07. The number of aromatic nitrogens is 2. The van der Waals surface area contributed by atoms with Crippen LogP contribution in [0.15, 0.2) is 22.9 Å². The fourth-order valence-electron chi connectivity index (χ4n) is 1.47. The first-order valence-corrected chi connectivity index (χ1v) is 5.61. The quantitative estimate of drug-likeness (QED) is 0.906. The Morgan fingerprint density at radius 3 is 3.00 bits per heavy atom. The summed E-state index contributed by atoms with van der Waals surface area (Å²) in [5.74, 6) is 0. The van der Waals surface area contributed by atoms with E-state index in [0.717, 1.165) is 21.2 Å². The lowest BCUT2D eigenvalue weighted by molar-refractivity contribution is 0.142. The van der Waals surface area contributed by atoms with Crippen molar-refractivity contribution < 1.29 is 8.78 Å². The summed E-state index contributed by atoms with van der Waals surface area (Å²) < 4.78 is 24.9. The Hall–Kier alpha value is -1.17. The van der Waals surface area contributed by atoms with Gasteiger partial charge in [0.15, 0.2) is 0 Å². The molecular weight excluding hydrogens is 280 g/mol. The Morgan fingerprint density at radius 1 is 1.44 bits per heavy atom. The number of alkyl halides is 2. The van der Waals surface area contributed by atoms with Gasteiger partial charge in [-0.2, -0.15) is 0 Å². The SMILES string of the molecule is FC(F)CCNc1cc(Br)cc2[nH]cnc12. The Labute approximate surface area is 99.4 Å². The highest BCUT2D eigenvalue weighted by molar-refractivity contribution is 9.10. The maximum absolute atomic E-state index is 12.0. The second kappa shape index (κ2) is 4.78. The van der Waals surface area contributed by atoms with Crippen LogP contribution in [0.3, 0.4) is 0 Å². The topological polar surface area (TPSA) is 40.7 Å². The molecule has 0 bridgehead atoms. The van der Waals surface area contributed by atoms with Crippen molar-refractivity contribution in [1.82, 2.24) is 9.97 Å². The van der Waals surface area contributed by atoms with Gasteiger partial charge in [0, 0.05) is 17.4 Å². The molecule has 2 aromatic rings. The minimum absolute atomic E-state index is 0.168. The van der Waals surface area contributed by atoms with E-state index in [9.17, 15) is 8.78 Å². The van der Waals surface area contributed by atoms with E-state index in [4.69, 9.17) is 0 Å². The molecule has 1 aromatic heterocycles. The van der Waals surface area contributed by atoms with Crippen molar-refractivity contribution in [3.05, 3.63) is 22.9 Å². The van der Waals surface area contributed by atoms with Gasteiger partial charge in [0.05, 0.1) is 17.5 Å². The molecule has 6 heteroatoms. The minimum atomic E-state index is -2.28. The first-order chi connectivity index (χ1) is 7.66. The summed E-state index contributed by atoms with van der Waals surface area (Å²) in [6.07, 6.45) is -0.872. The predicted molar refractivity (Wildman–Crippen MR) is 62.9 cm³/mol. The number of hydrogen-bond donors (Lipinski definition) is 2. The van der Waals surface area contributed by atoms with E-state index in [1.165, 1.54) is 0 Å². The zero-order chi connectivity index (χ0) is 11.5. The van der Waals surface area contributed by atoms with E-state index in [0.29, 0.717) is 0 Å². The standard InChI is InChI=1S/C10H10BrF2N3/c11-6-3-7(14-2-1-9(12)13)10-8(4-6)15-5-16-10/h3-5,9,14H,1-2H2,(H,15,16). The number of H-pyrrole nitrogens is 1. The van der Waals surface area contributed by atoms with Crippen molar-refractivity contribution in [3.63, 3.8) is 0 Å². The van der Waals surface area contributed by atoms with Crippen LogP contribution in [0.2, 0.25) is 0 Å². The summed E-state index contributed by atoms with van der Waals surface area (Å²) in [5.41, 5.74) is 2.39. The second-order valence-electron chi connectivity index (χ2n) is 3.36. The molecule has 0 fully saturated rings. The van der Waals surface area contributed by atoms with Crippen molar-refractivity contribution >= 4 is 32.7 Å². The number of halogens is 3. The number of nitrogens with zero attached hydrogens (tertiary/aromatic N) is 1. The van der Waals surface area contributed by atoms with Gasteiger partial charge >= 0.3 is 0 Å². The van der Waals surface area contributed by atoms with Gasteiger partial charge in [-0.15, -0.1) is 0 Å². The second-order valence-corrected chi connectivity index (χ2v) is 4.27. The van der Waals surface area contributed by atoms with E-state index >= 15 is 0 Å². The number of nitrogens with one attached hydrogen (secondary N) is 2. The average Bonchev–Trinajstić information content (AvgIpc) is 2.64. The maximum atomic E-state index is 12.0. The zero-order valence-electron chi connectivity index (χ0n) is 8.30. The fourth-order valence-corrected chi connectivity index (χ4v) is 1.92. The molecule has 16 heavy (non-hydrogen) atoms. The molecule has 86 valence electrons. The van der Waals surface area contributed by atoms with Crippen LogP contribution < -0.4 is 5.32 Å². The lowest BCUT2D eigenvalue weighted by Crippen LogP contribution is -2.06. The average molecular weight is 290 g/mol. The van der Waals surface area contributed by atoms with Crippen molar-refractivity contribution in [2.75, 3.05) is 11.9 Å². The van der Waals surface area contributed by atoms with Crippen LogP contribution in [0.5, 0.6) is 0 Å². The van der Waals surface area contributed by atoms with E-state index < -0.39 is 6.43 Å². The normalized spacial score (nSPS) is 11.2. The molecule has 0 aliphatic rings. The molecule has 0 saturated carbocycles. The van der Waals surface area contributed by atoms with E-state index in [1.807, 2.05) is 12.1 Å². The Bertz CT molecular complexity index is 484. The number of imidazole rings is 1. The highest BCUT2D eigenvalue weighted by Crippen LogP contribution is 2.25. The van der Waals surface area contributed by atoms with Crippen molar-refractivity contribution in [3.8, 4) is 0 Å². The van der Waals surface area contributed by atoms with E-state index in [-0.39, 0.29) is 13.0 Å². The summed E-state index contributed by atoms with van der Waals surface area (Å²) in [5, 5.41) is 2.95. The molecule has 1 aromatic carbocycles. The molecule has 0 aliphatic carbocycles. The Morgan fingerprint density at radius 2 is 2.25 bits per heavy atom. The highest BCUT2D eigenvalue weighted by atomic mass is 79.9. The van der Waals surface area contributed by atoms with Gasteiger partial charge in [-0.1, -0.05) is 15.9 Å². The Kier molecular flexibility index (Phi) is 3.38. The molecule has 3 nitrogen and oxygen atoms in total. The van der Waals surface area contributed by atoms with Crippen LogP contribution in [-0.2, 0) is 0 Å². The first kappa shape index (κ1) is 11.3. The van der Waals surface area contributed by atoms with Gasteiger partial charge in [0.25, 0.3) is 0 Å². The predicted octanol–water partition coefficient (Wildman–Crippen LogP) is 3.39. The monoisotopic (exact) mass is 289 g/mol. The molecule has 1 heterocycles. The third-order valence-corrected chi connectivity index (χ3v) is 2.62. The first-order valence-electron chi connectivity index (χ1n) is 4.81. The van der Waals surface area contributed by atoms with Gasteiger partial charge in [0.1, 0.15) is 5.52 Å². The number of aromatic amines is 1. The molecule has 0 spiro atoms. The van der Waals surface area contributed by atoms with Gasteiger partial charge in [-0.05, 0) is 12.1 Å². The summed E-state index contributed by atoms with van der Waals surface area (Å²) in [6, 6.07) is 3.72. The minimum Gasteiger partial charge on any atom is -0.383 e. The van der Waals surface area contributed by atoms with Gasteiger partial charge in [-0.25, -0.2) is 13.8 Å². The third-order valence-electron chi connectivity index (χ3n) is 2.17.